The van der Waals surface area contributed by atoms with Gasteiger partial charge >= 0.3 is 0 Å². The summed E-state index contributed by atoms with van der Waals surface area (Å²) in [4.78, 5) is 0. The van der Waals surface area contributed by atoms with Crippen LogP contribution in [-0.2, 0) is 4.74 Å². The van der Waals surface area contributed by atoms with Crippen molar-refractivity contribution in [3.05, 3.63) is 0 Å². The minimum absolute atomic E-state index is 0.173. The van der Waals surface area contributed by atoms with Crippen molar-refractivity contribution in [3.63, 3.8) is 0 Å². The van der Waals surface area contributed by atoms with E-state index in [1.807, 2.05) is 0 Å². The molecule has 0 bridgehead atoms. The molecule has 1 aliphatic heterocycles. The van der Waals surface area contributed by atoms with Gasteiger partial charge in [0.05, 0.1) is 6.10 Å². The summed E-state index contributed by atoms with van der Waals surface area (Å²) in [6.07, 6.45) is -1.92. The minimum Gasteiger partial charge on any atom is -0.389 e. The van der Waals surface area contributed by atoms with Gasteiger partial charge in [0.2, 0.25) is 0 Å². The van der Waals surface area contributed by atoms with E-state index in [9.17, 15) is 5.11 Å². The molecule has 1 heterocycles. The van der Waals surface area contributed by atoms with Crippen LogP contribution in [0.25, 0.3) is 0 Å². The van der Waals surface area contributed by atoms with Gasteiger partial charge in [-0.3, -0.25) is 0 Å². The first kappa shape index (κ1) is 8.89. The summed E-state index contributed by atoms with van der Waals surface area (Å²) in [7, 11) is 0. The molecule has 1 rings (SSSR count). The molecule has 6 N–H and O–H groups in total. The normalized spacial score (nSPS) is 45.8. The topological polar surface area (TPSA) is 102 Å². The average Bonchev–Trinajstić information content (AvgIpc) is 1.96. The fourth-order valence-electron chi connectivity index (χ4n) is 1.18. The number of hydrogen-bond acceptors (Lipinski definition) is 5. The highest BCUT2D eigenvalue weighted by molar-refractivity contribution is 4.85. The van der Waals surface area contributed by atoms with E-state index in [1.54, 1.807) is 0 Å². The van der Waals surface area contributed by atoms with Gasteiger partial charge in [-0.05, 0) is 0 Å². The zero-order chi connectivity index (χ0) is 8.43. The molecule has 1 saturated heterocycles. The SMILES string of the molecule is NCC1OC(O)CC(N)C1O. The first-order valence-electron chi connectivity index (χ1n) is 3.62. The third kappa shape index (κ3) is 1.88. The largest absolute Gasteiger partial charge is 0.389 e. The van der Waals surface area contributed by atoms with Crippen LogP contribution in [0.15, 0.2) is 0 Å². The number of aliphatic hydroxyl groups is 2. The Labute approximate surface area is 64.9 Å². The van der Waals surface area contributed by atoms with Crippen molar-refractivity contribution in [1.82, 2.24) is 0 Å². The molecule has 0 aliphatic carbocycles. The molecule has 0 aromatic carbocycles. The van der Waals surface area contributed by atoms with Crippen LogP contribution in [0.1, 0.15) is 6.42 Å². The quantitative estimate of drug-likeness (QED) is 0.348. The fourth-order valence-corrected chi connectivity index (χ4v) is 1.18. The lowest BCUT2D eigenvalue weighted by Gasteiger charge is -2.34. The Morgan fingerprint density at radius 2 is 2.09 bits per heavy atom. The maximum Gasteiger partial charge on any atom is 0.156 e. The molecule has 1 aliphatic rings. The molecule has 0 aromatic heterocycles. The Morgan fingerprint density at radius 1 is 1.45 bits per heavy atom. The van der Waals surface area contributed by atoms with E-state index < -0.39 is 24.5 Å². The second-order valence-corrected chi connectivity index (χ2v) is 2.76. The highest BCUT2D eigenvalue weighted by atomic mass is 16.6. The van der Waals surface area contributed by atoms with E-state index in [1.165, 1.54) is 0 Å². The summed E-state index contributed by atoms with van der Waals surface area (Å²) in [5.74, 6) is 0. The van der Waals surface area contributed by atoms with Crippen molar-refractivity contribution in [3.8, 4) is 0 Å². The van der Waals surface area contributed by atoms with Crippen LogP contribution >= 0.6 is 0 Å². The van der Waals surface area contributed by atoms with Gasteiger partial charge in [-0.1, -0.05) is 0 Å². The summed E-state index contributed by atoms with van der Waals surface area (Å²) in [6.45, 7) is 0.173. The number of nitrogens with two attached hydrogens (primary N) is 2. The van der Waals surface area contributed by atoms with E-state index in [4.69, 9.17) is 21.3 Å². The summed E-state index contributed by atoms with van der Waals surface area (Å²) < 4.78 is 4.92. The zero-order valence-corrected chi connectivity index (χ0v) is 6.18. The molecule has 0 radical (unpaired) electrons. The van der Waals surface area contributed by atoms with Gasteiger partial charge in [-0.25, -0.2) is 0 Å². The third-order valence-corrected chi connectivity index (χ3v) is 1.86. The van der Waals surface area contributed by atoms with E-state index in [0.29, 0.717) is 0 Å². The van der Waals surface area contributed by atoms with Crippen molar-refractivity contribution in [2.45, 2.75) is 31.0 Å². The molecule has 0 spiro atoms. The van der Waals surface area contributed by atoms with Crippen LogP contribution in [0.5, 0.6) is 0 Å². The maximum atomic E-state index is 9.31. The first-order valence-corrected chi connectivity index (χ1v) is 3.62. The fraction of sp³-hybridized carbons (Fsp3) is 1.00. The van der Waals surface area contributed by atoms with E-state index in [0.717, 1.165) is 0 Å². The van der Waals surface area contributed by atoms with Gasteiger partial charge in [0, 0.05) is 19.0 Å². The van der Waals surface area contributed by atoms with Crippen molar-refractivity contribution in [2.24, 2.45) is 11.5 Å². The van der Waals surface area contributed by atoms with Gasteiger partial charge in [-0.2, -0.15) is 0 Å². The Balaban J connectivity index is 2.51. The second-order valence-electron chi connectivity index (χ2n) is 2.76. The van der Waals surface area contributed by atoms with Crippen LogP contribution in [0.4, 0.5) is 0 Å². The van der Waals surface area contributed by atoms with Gasteiger partial charge in [0.25, 0.3) is 0 Å². The molecule has 5 heteroatoms. The standard InChI is InChI=1S/C6H14N2O3/c7-2-4-6(10)3(8)1-5(9)11-4/h3-6,9-10H,1-2,7-8H2. The zero-order valence-electron chi connectivity index (χ0n) is 6.18. The summed E-state index contributed by atoms with van der Waals surface area (Å²) in [5, 5.41) is 18.3. The average molecular weight is 162 g/mol. The van der Waals surface area contributed by atoms with Crippen LogP contribution in [0, 0.1) is 0 Å². The van der Waals surface area contributed by atoms with Gasteiger partial charge in [0.15, 0.2) is 6.29 Å². The maximum absolute atomic E-state index is 9.31. The van der Waals surface area contributed by atoms with Crippen molar-refractivity contribution < 1.29 is 14.9 Å². The molecular formula is C6H14N2O3. The number of hydrogen-bond donors (Lipinski definition) is 4. The number of rotatable bonds is 1. The molecule has 0 aromatic rings. The lowest BCUT2D eigenvalue weighted by molar-refractivity contribution is -0.201. The van der Waals surface area contributed by atoms with Gasteiger partial charge in [0.1, 0.15) is 6.10 Å². The molecule has 0 saturated carbocycles. The Hall–Kier alpha value is -0.200. The van der Waals surface area contributed by atoms with Crippen LogP contribution < -0.4 is 11.5 Å². The highest BCUT2D eigenvalue weighted by Gasteiger charge is 2.33. The van der Waals surface area contributed by atoms with E-state index in [-0.39, 0.29) is 13.0 Å². The summed E-state index contributed by atoms with van der Waals surface area (Å²) >= 11 is 0. The molecule has 1 fully saturated rings. The molecule has 4 unspecified atom stereocenters. The Bertz CT molecular complexity index is 133. The Kier molecular flexibility index (Phi) is 2.80. The van der Waals surface area contributed by atoms with Crippen molar-refractivity contribution in [1.29, 1.82) is 0 Å². The smallest absolute Gasteiger partial charge is 0.156 e. The van der Waals surface area contributed by atoms with Crippen LogP contribution in [-0.4, -0.2) is 41.3 Å². The van der Waals surface area contributed by atoms with Gasteiger partial charge in [-0.15, -0.1) is 0 Å². The van der Waals surface area contributed by atoms with Crippen molar-refractivity contribution in [2.75, 3.05) is 6.54 Å². The molecule has 5 nitrogen and oxygen atoms in total. The first-order chi connectivity index (χ1) is 5.15. The lowest BCUT2D eigenvalue weighted by Crippen LogP contribution is -2.54. The van der Waals surface area contributed by atoms with Crippen LogP contribution in [0.2, 0.25) is 0 Å². The third-order valence-electron chi connectivity index (χ3n) is 1.86. The van der Waals surface area contributed by atoms with Crippen molar-refractivity contribution >= 4 is 0 Å². The van der Waals surface area contributed by atoms with Gasteiger partial charge < -0.3 is 26.4 Å². The Morgan fingerprint density at radius 3 is 2.64 bits per heavy atom. The number of ether oxygens (including phenoxy) is 1. The second kappa shape index (κ2) is 3.46. The minimum atomic E-state index is -0.887. The molecule has 66 valence electrons. The highest BCUT2D eigenvalue weighted by Crippen LogP contribution is 2.16. The van der Waals surface area contributed by atoms with E-state index >= 15 is 0 Å². The van der Waals surface area contributed by atoms with E-state index in [2.05, 4.69) is 0 Å². The summed E-state index contributed by atoms with van der Waals surface area (Å²) in [6, 6.07) is -0.438. The molecule has 11 heavy (non-hydrogen) atoms. The number of aliphatic hydroxyl groups excluding tert-OH is 2. The predicted octanol–water partition coefficient (Wildman–Crippen LogP) is -2.26. The summed E-state index contributed by atoms with van der Waals surface area (Å²) in [5.41, 5.74) is 10.8. The molecule has 4 atom stereocenters. The van der Waals surface area contributed by atoms with Crippen LogP contribution in [0.3, 0.4) is 0 Å². The predicted molar refractivity (Wildman–Crippen MR) is 38.5 cm³/mol. The monoisotopic (exact) mass is 162 g/mol. The molecular weight excluding hydrogens is 148 g/mol. The lowest BCUT2D eigenvalue weighted by atomic mass is 10.00. The molecule has 0 amide bonds.